The van der Waals surface area contributed by atoms with E-state index in [1.165, 1.54) is 0 Å². The zero-order chi connectivity index (χ0) is 14.4. The number of halogens is 2. The Morgan fingerprint density at radius 3 is 2.40 bits per heavy atom. The van der Waals surface area contributed by atoms with Crippen LogP contribution in [0.2, 0.25) is 0 Å². The van der Waals surface area contributed by atoms with Gasteiger partial charge >= 0.3 is 12.7 Å². The molecule has 0 radical (unpaired) electrons. The van der Waals surface area contributed by atoms with Gasteiger partial charge < -0.3 is 14.8 Å². The molecule has 4 nitrogen and oxygen atoms in total. The molecule has 0 aliphatic heterocycles. The minimum absolute atomic E-state index is 0.0521. The Morgan fingerprint density at radius 1 is 1.15 bits per heavy atom. The highest BCUT2D eigenvalue weighted by molar-refractivity contribution is 5.70. The summed E-state index contributed by atoms with van der Waals surface area (Å²) in [6, 6.07) is 8.70. The van der Waals surface area contributed by atoms with Crippen molar-refractivity contribution in [2.45, 2.75) is 44.4 Å². The van der Waals surface area contributed by atoms with E-state index >= 15 is 0 Å². The highest BCUT2D eigenvalue weighted by Gasteiger charge is 2.25. The average molecular weight is 285 g/mol. The van der Waals surface area contributed by atoms with Gasteiger partial charge in [-0.15, -0.1) is 0 Å². The first-order chi connectivity index (χ1) is 9.63. The molecule has 0 spiro atoms. The van der Waals surface area contributed by atoms with Gasteiger partial charge in [-0.3, -0.25) is 0 Å². The molecule has 1 aliphatic carbocycles. The van der Waals surface area contributed by atoms with E-state index in [1.54, 1.807) is 24.3 Å². The van der Waals surface area contributed by atoms with E-state index in [2.05, 4.69) is 10.1 Å². The van der Waals surface area contributed by atoms with Crippen molar-refractivity contribution in [3.8, 4) is 5.75 Å². The van der Waals surface area contributed by atoms with Gasteiger partial charge in [0.05, 0.1) is 6.10 Å². The van der Waals surface area contributed by atoms with Crippen molar-refractivity contribution < 1.29 is 23.0 Å². The van der Waals surface area contributed by atoms with Crippen LogP contribution in [-0.4, -0.2) is 24.9 Å². The van der Waals surface area contributed by atoms with Crippen molar-refractivity contribution >= 4 is 6.09 Å². The number of para-hydroxylation sites is 1. The maximum Gasteiger partial charge on any atom is 0.412 e. The standard InChI is InChI=1S/C14H17F2NO3/c15-13(16)19-12-8-6-10(7-9-12)17-14(18)20-11-4-2-1-3-5-11/h1-5,10,12-13H,6-9H2,(H,17,18). The van der Waals surface area contributed by atoms with E-state index in [1.807, 2.05) is 6.07 Å². The number of carbonyl (C=O) groups is 1. The van der Waals surface area contributed by atoms with Crippen molar-refractivity contribution in [3.63, 3.8) is 0 Å². The fourth-order valence-electron chi connectivity index (χ4n) is 2.28. The van der Waals surface area contributed by atoms with Gasteiger partial charge in [0.15, 0.2) is 0 Å². The quantitative estimate of drug-likeness (QED) is 0.923. The predicted molar refractivity (Wildman–Crippen MR) is 68.7 cm³/mol. The third-order valence-electron chi connectivity index (χ3n) is 3.25. The molecule has 6 heteroatoms. The van der Waals surface area contributed by atoms with Crippen LogP contribution in [0.1, 0.15) is 25.7 Å². The molecule has 0 saturated heterocycles. The molecule has 1 aromatic rings. The van der Waals surface area contributed by atoms with Crippen LogP contribution in [0.25, 0.3) is 0 Å². The average Bonchev–Trinajstić information content (AvgIpc) is 2.41. The van der Waals surface area contributed by atoms with Crippen molar-refractivity contribution in [3.05, 3.63) is 30.3 Å². The van der Waals surface area contributed by atoms with Crippen LogP contribution >= 0.6 is 0 Å². The lowest BCUT2D eigenvalue weighted by molar-refractivity contribution is -0.170. The molecule has 1 aliphatic rings. The lowest BCUT2D eigenvalue weighted by atomic mass is 9.93. The molecule has 1 fully saturated rings. The molecule has 1 N–H and O–H groups in total. The number of alkyl halides is 2. The van der Waals surface area contributed by atoms with Gasteiger partial charge in [-0.25, -0.2) is 4.79 Å². The molecule has 20 heavy (non-hydrogen) atoms. The van der Waals surface area contributed by atoms with Crippen molar-refractivity contribution in [1.29, 1.82) is 0 Å². The lowest BCUT2D eigenvalue weighted by Crippen LogP contribution is -2.40. The number of ether oxygens (including phenoxy) is 2. The predicted octanol–water partition coefficient (Wildman–Crippen LogP) is 3.33. The Labute approximate surface area is 116 Å². The fourth-order valence-corrected chi connectivity index (χ4v) is 2.28. The fraction of sp³-hybridized carbons (Fsp3) is 0.500. The molecule has 1 aromatic carbocycles. The van der Waals surface area contributed by atoms with Crippen LogP contribution in [0.3, 0.4) is 0 Å². The first-order valence-corrected chi connectivity index (χ1v) is 6.60. The lowest BCUT2D eigenvalue weighted by Gasteiger charge is -2.28. The van der Waals surface area contributed by atoms with Crippen molar-refractivity contribution in [2.24, 2.45) is 0 Å². The summed E-state index contributed by atoms with van der Waals surface area (Å²) in [5.41, 5.74) is 0. The topological polar surface area (TPSA) is 47.6 Å². The Morgan fingerprint density at radius 2 is 1.80 bits per heavy atom. The molecule has 0 unspecified atom stereocenters. The van der Waals surface area contributed by atoms with E-state index in [9.17, 15) is 13.6 Å². The second-order valence-electron chi connectivity index (χ2n) is 4.72. The largest absolute Gasteiger partial charge is 0.412 e. The van der Waals surface area contributed by atoms with Gasteiger partial charge in [0.25, 0.3) is 0 Å². The molecule has 110 valence electrons. The van der Waals surface area contributed by atoms with Gasteiger partial charge in [-0.1, -0.05) is 18.2 Å². The molecule has 0 aromatic heterocycles. The Bertz CT molecular complexity index is 420. The maximum atomic E-state index is 12.1. The van der Waals surface area contributed by atoms with Gasteiger partial charge in [-0.2, -0.15) is 8.78 Å². The third-order valence-corrected chi connectivity index (χ3v) is 3.25. The highest BCUT2D eigenvalue weighted by Crippen LogP contribution is 2.23. The first-order valence-electron chi connectivity index (χ1n) is 6.60. The Kier molecular flexibility index (Phi) is 5.29. The van der Waals surface area contributed by atoms with Crippen LogP contribution in [0.4, 0.5) is 13.6 Å². The van der Waals surface area contributed by atoms with Gasteiger partial charge in [0, 0.05) is 6.04 Å². The Balaban J connectivity index is 1.71. The molecule has 1 amide bonds. The number of amides is 1. The second kappa shape index (κ2) is 7.19. The van der Waals surface area contributed by atoms with E-state index < -0.39 is 18.8 Å². The highest BCUT2D eigenvalue weighted by atomic mass is 19.3. The van der Waals surface area contributed by atoms with Crippen molar-refractivity contribution in [2.75, 3.05) is 0 Å². The minimum atomic E-state index is -2.73. The maximum absolute atomic E-state index is 12.1. The SMILES string of the molecule is O=C(NC1CCC(OC(F)F)CC1)Oc1ccccc1. The van der Waals surface area contributed by atoms with Crippen LogP contribution in [-0.2, 0) is 4.74 Å². The van der Waals surface area contributed by atoms with Crippen LogP contribution < -0.4 is 10.1 Å². The van der Waals surface area contributed by atoms with Gasteiger partial charge in [0.1, 0.15) is 5.75 Å². The number of hydrogen-bond donors (Lipinski definition) is 1. The number of hydrogen-bond acceptors (Lipinski definition) is 3. The summed E-state index contributed by atoms with van der Waals surface area (Å²) in [6.07, 6.45) is 1.32. The van der Waals surface area contributed by atoms with E-state index in [0.29, 0.717) is 31.4 Å². The minimum Gasteiger partial charge on any atom is -0.410 e. The van der Waals surface area contributed by atoms with Gasteiger partial charge in [0.2, 0.25) is 0 Å². The summed E-state index contributed by atoms with van der Waals surface area (Å²) in [5, 5.41) is 2.74. The summed E-state index contributed by atoms with van der Waals surface area (Å²) in [5.74, 6) is 0.472. The van der Waals surface area contributed by atoms with Crippen LogP contribution in [0.15, 0.2) is 30.3 Å². The molecule has 0 atom stereocenters. The second-order valence-corrected chi connectivity index (χ2v) is 4.72. The van der Waals surface area contributed by atoms with E-state index in [0.717, 1.165) is 0 Å². The van der Waals surface area contributed by atoms with Crippen molar-refractivity contribution in [1.82, 2.24) is 5.32 Å². The monoisotopic (exact) mass is 285 g/mol. The third kappa shape index (κ3) is 4.77. The molecule has 0 heterocycles. The molecule has 2 rings (SSSR count). The zero-order valence-corrected chi connectivity index (χ0v) is 10.9. The van der Waals surface area contributed by atoms with E-state index in [4.69, 9.17) is 4.74 Å². The Hall–Kier alpha value is -1.69. The number of nitrogens with one attached hydrogen (secondary N) is 1. The number of carbonyl (C=O) groups excluding carboxylic acids is 1. The van der Waals surface area contributed by atoms with Crippen LogP contribution in [0.5, 0.6) is 5.75 Å². The molecule has 1 saturated carbocycles. The summed E-state index contributed by atoms with van der Waals surface area (Å²) >= 11 is 0. The molecular weight excluding hydrogens is 268 g/mol. The molecule has 0 bridgehead atoms. The normalized spacial score (nSPS) is 22.6. The van der Waals surface area contributed by atoms with Crippen LogP contribution in [0, 0.1) is 0 Å². The first kappa shape index (κ1) is 14.7. The summed E-state index contributed by atoms with van der Waals surface area (Å²) in [4.78, 5) is 11.7. The van der Waals surface area contributed by atoms with E-state index in [-0.39, 0.29) is 6.04 Å². The summed E-state index contributed by atoms with van der Waals surface area (Å²) in [6.45, 7) is -2.73. The van der Waals surface area contributed by atoms with Gasteiger partial charge in [-0.05, 0) is 37.8 Å². The number of rotatable bonds is 4. The number of benzene rings is 1. The zero-order valence-electron chi connectivity index (χ0n) is 10.9. The molecular formula is C14H17F2NO3. The summed E-state index contributed by atoms with van der Waals surface area (Å²) < 4.78 is 33.7. The summed E-state index contributed by atoms with van der Waals surface area (Å²) in [7, 11) is 0. The smallest absolute Gasteiger partial charge is 0.410 e.